The van der Waals surface area contributed by atoms with Crippen molar-refractivity contribution in [1.29, 1.82) is 0 Å². The van der Waals surface area contributed by atoms with Crippen LogP contribution in [0.2, 0.25) is 0 Å². The number of fused-ring (bicyclic) bond motifs is 1. The minimum atomic E-state index is -0.980. The maximum absolute atomic E-state index is 11.1. The summed E-state index contributed by atoms with van der Waals surface area (Å²) in [5, 5.41) is 13.2. The lowest BCUT2D eigenvalue weighted by Crippen LogP contribution is -2.40. The Morgan fingerprint density at radius 1 is 1.24 bits per heavy atom. The number of carbonyl (C=O) groups is 1. The van der Waals surface area contributed by atoms with Crippen molar-refractivity contribution in [3.63, 3.8) is 0 Å². The second-order valence-electron chi connectivity index (χ2n) is 6.26. The number of hydrogen-bond acceptors (Lipinski definition) is 5. The van der Waals surface area contributed by atoms with E-state index in [-0.39, 0.29) is 5.69 Å². The van der Waals surface area contributed by atoms with Crippen LogP contribution in [0.15, 0.2) is 24.3 Å². The van der Waals surface area contributed by atoms with Crippen molar-refractivity contribution in [3.8, 4) is 11.5 Å². The van der Waals surface area contributed by atoms with E-state index in [1.807, 2.05) is 12.1 Å². The highest BCUT2D eigenvalue weighted by molar-refractivity contribution is 5.85. The van der Waals surface area contributed by atoms with E-state index < -0.39 is 5.97 Å². The number of carboxylic acid groups (broad SMARTS) is 1. The Balaban J connectivity index is 1.69. The molecule has 0 bridgehead atoms. The van der Waals surface area contributed by atoms with Crippen LogP contribution >= 0.6 is 0 Å². The fraction of sp³-hybridized carbons (Fsp3) is 0.444. The maximum atomic E-state index is 11.1. The van der Waals surface area contributed by atoms with Crippen LogP contribution in [0.25, 0.3) is 0 Å². The molecule has 0 saturated heterocycles. The van der Waals surface area contributed by atoms with Gasteiger partial charge < -0.3 is 14.6 Å². The van der Waals surface area contributed by atoms with Crippen LogP contribution in [-0.4, -0.2) is 52.6 Å². The van der Waals surface area contributed by atoms with Gasteiger partial charge in [0, 0.05) is 19.1 Å². The van der Waals surface area contributed by atoms with Gasteiger partial charge in [0.1, 0.15) is 0 Å². The van der Waals surface area contributed by atoms with Crippen LogP contribution in [-0.2, 0) is 19.5 Å². The molecule has 7 heteroatoms. The van der Waals surface area contributed by atoms with E-state index in [0.29, 0.717) is 19.1 Å². The molecule has 1 atom stereocenters. The van der Waals surface area contributed by atoms with Crippen LogP contribution in [0.4, 0.5) is 0 Å². The molecule has 2 aromatic rings. The number of rotatable bonds is 6. The van der Waals surface area contributed by atoms with Crippen LogP contribution in [0.5, 0.6) is 11.5 Å². The molecule has 1 aliphatic heterocycles. The largest absolute Gasteiger partial charge is 0.493 e. The van der Waals surface area contributed by atoms with Crippen molar-refractivity contribution >= 4 is 5.97 Å². The summed E-state index contributed by atoms with van der Waals surface area (Å²) in [6, 6.07) is 7.96. The monoisotopic (exact) mass is 345 g/mol. The van der Waals surface area contributed by atoms with Crippen molar-refractivity contribution in [2.24, 2.45) is 0 Å². The minimum absolute atomic E-state index is 0.115. The average Bonchev–Trinajstić information content (AvgIpc) is 3.05. The Morgan fingerprint density at radius 3 is 2.68 bits per heavy atom. The molecule has 0 unspecified atom stereocenters. The predicted octanol–water partition coefficient (Wildman–Crippen LogP) is 2.05. The first-order valence-corrected chi connectivity index (χ1v) is 8.26. The Kier molecular flexibility index (Phi) is 4.94. The highest BCUT2D eigenvalue weighted by atomic mass is 16.5. The van der Waals surface area contributed by atoms with Gasteiger partial charge in [0.25, 0.3) is 0 Å². The molecule has 134 valence electrons. The summed E-state index contributed by atoms with van der Waals surface area (Å²) >= 11 is 0. The number of hydrogen-bond donors (Lipinski definition) is 1. The van der Waals surface area contributed by atoms with Crippen molar-refractivity contribution in [1.82, 2.24) is 14.7 Å². The predicted molar refractivity (Wildman–Crippen MR) is 92.3 cm³/mol. The number of aromatic carboxylic acids is 1. The van der Waals surface area contributed by atoms with Gasteiger partial charge in [-0.05, 0) is 37.1 Å². The number of benzene rings is 1. The van der Waals surface area contributed by atoms with Gasteiger partial charge in [-0.15, -0.1) is 0 Å². The Labute approximate surface area is 146 Å². The first-order valence-electron chi connectivity index (χ1n) is 8.26. The van der Waals surface area contributed by atoms with E-state index in [0.717, 1.165) is 30.2 Å². The summed E-state index contributed by atoms with van der Waals surface area (Å²) in [5.74, 6) is 0.476. The first-order chi connectivity index (χ1) is 12.0. The van der Waals surface area contributed by atoms with Crippen LogP contribution < -0.4 is 9.47 Å². The molecule has 1 aliphatic rings. The van der Waals surface area contributed by atoms with Gasteiger partial charge in [0.2, 0.25) is 0 Å². The molecule has 7 nitrogen and oxygen atoms in total. The third kappa shape index (κ3) is 3.61. The van der Waals surface area contributed by atoms with Gasteiger partial charge in [0.15, 0.2) is 17.2 Å². The number of carboxylic acids is 1. The third-order valence-corrected chi connectivity index (χ3v) is 4.65. The van der Waals surface area contributed by atoms with Crippen molar-refractivity contribution in [2.75, 3.05) is 20.8 Å². The highest BCUT2D eigenvalue weighted by Gasteiger charge is 2.24. The van der Waals surface area contributed by atoms with Crippen LogP contribution in [0.1, 0.15) is 28.7 Å². The van der Waals surface area contributed by atoms with Gasteiger partial charge >= 0.3 is 5.97 Å². The summed E-state index contributed by atoms with van der Waals surface area (Å²) in [4.78, 5) is 13.4. The lowest BCUT2D eigenvalue weighted by Gasteiger charge is -2.33. The third-order valence-electron chi connectivity index (χ3n) is 4.65. The molecular formula is C18H23N3O4. The Morgan fingerprint density at radius 2 is 2.00 bits per heavy atom. The Bertz CT molecular complexity index is 772. The van der Waals surface area contributed by atoms with Gasteiger partial charge in [-0.2, -0.15) is 5.10 Å². The van der Waals surface area contributed by atoms with E-state index >= 15 is 0 Å². The minimum Gasteiger partial charge on any atom is -0.493 e. The first kappa shape index (κ1) is 17.3. The van der Waals surface area contributed by atoms with E-state index in [9.17, 15) is 4.79 Å². The van der Waals surface area contributed by atoms with Crippen LogP contribution in [0, 0.1) is 0 Å². The van der Waals surface area contributed by atoms with Gasteiger partial charge in [-0.3, -0.25) is 9.58 Å². The lowest BCUT2D eigenvalue weighted by molar-refractivity contribution is 0.0689. The molecule has 0 amide bonds. The summed E-state index contributed by atoms with van der Waals surface area (Å²) in [6.45, 7) is 4.44. The second kappa shape index (κ2) is 7.14. The van der Waals surface area contributed by atoms with Gasteiger partial charge in [-0.25, -0.2) is 4.79 Å². The second-order valence-corrected chi connectivity index (χ2v) is 6.26. The van der Waals surface area contributed by atoms with E-state index in [1.54, 1.807) is 25.0 Å². The molecule has 0 aliphatic carbocycles. The number of aromatic nitrogens is 2. The fourth-order valence-electron chi connectivity index (χ4n) is 3.25. The fourth-order valence-corrected chi connectivity index (χ4v) is 3.25. The normalized spacial score (nSPS) is 15.5. The Hall–Kier alpha value is -2.54. The zero-order valence-electron chi connectivity index (χ0n) is 14.7. The molecular weight excluding hydrogens is 322 g/mol. The standard InChI is InChI=1S/C18H23N3O4/c1-12(8-13-4-5-16(24-2)17(9-13)25-3)20-6-7-21-14(11-20)10-15(19-21)18(22)23/h4-5,9-10,12H,6-8,11H2,1-3H3,(H,22,23)/t12-/m0/s1. The molecule has 1 aromatic heterocycles. The van der Waals surface area contributed by atoms with Gasteiger partial charge in [0.05, 0.1) is 26.5 Å². The van der Waals surface area contributed by atoms with Crippen molar-refractivity contribution < 1.29 is 19.4 Å². The number of methoxy groups -OCH3 is 2. The SMILES string of the molecule is COc1ccc(C[C@H](C)N2CCn3nc(C(=O)O)cc3C2)cc1OC. The topological polar surface area (TPSA) is 76.8 Å². The zero-order chi connectivity index (χ0) is 18.0. The molecule has 0 spiro atoms. The molecule has 0 radical (unpaired) electrons. The van der Waals surface area contributed by atoms with E-state index in [1.165, 1.54) is 5.56 Å². The molecule has 1 aromatic carbocycles. The van der Waals surface area contributed by atoms with Crippen LogP contribution in [0.3, 0.4) is 0 Å². The molecule has 3 rings (SSSR count). The summed E-state index contributed by atoms with van der Waals surface area (Å²) in [6.07, 6.45) is 0.875. The number of ether oxygens (including phenoxy) is 2. The summed E-state index contributed by atoms with van der Waals surface area (Å²) in [5.41, 5.74) is 2.24. The average molecular weight is 345 g/mol. The molecule has 0 saturated carbocycles. The molecule has 0 fully saturated rings. The van der Waals surface area contributed by atoms with Gasteiger partial charge in [-0.1, -0.05) is 6.07 Å². The zero-order valence-corrected chi connectivity index (χ0v) is 14.7. The quantitative estimate of drug-likeness (QED) is 0.863. The van der Waals surface area contributed by atoms with Crippen molar-refractivity contribution in [2.45, 2.75) is 32.5 Å². The van der Waals surface area contributed by atoms with E-state index in [2.05, 4.69) is 23.0 Å². The maximum Gasteiger partial charge on any atom is 0.356 e. The van der Waals surface area contributed by atoms with E-state index in [4.69, 9.17) is 14.6 Å². The highest BCUT2D eigenvalue weighted by Crippen LogP contribution is 2.28. The number of nitrogens with zero attached hydrogens (tertiary/aromatic N) is 3. The molecule has 1 N–H and O–H groups in total. The molecule has 25 heavy (non-hydrogen) atoms. The summed E-state index contributed by atoms with van der Waals surface area (Å²) < 4.78 is 12.4. The molecule has 2 heterocycles. The summed E-state index contributed by atoms with van der Waals surface area (Å²) in [7, 11) is 3.26. The lowest BCUT2D eigenvalue weighted by atomic mass is 10.0. The smallest absolute Gasteiger partial charge is 0.356 e. The van der Waals surface area contributed by atoms with Crippen molar-refractivity contribution in [3.05, 3.63) is 41.2 Å².